The van der Waals surface area contributed by atoms with E-state index in [4.69, 9.17) is 14.4 Å². The molecule has 11 aromatic rings. The van der Waals surface area contributed by atoms with E-state index in [1.165, 1.54) is 31.3 Å². The minimum Gasteiger partial charge on any atom is -0.456 e. The number of aromatic nitrogens is 2. The second kappa shape index (κ2) is 13.3. The van der Waals surface area contributed by atoms with E-state index in [-0.39, 0.29) is 0 Å². The molecule has 0 unspecified atom stereocenters. The van der Waals surface area contributed by atoms with Crippen molar-refractivity contribution in [2.45, 2.75) is 0 Å². The third kappa shape index (κ3) is 5.50. The third-order valence-electron chi connectivity index (χ3n) is 10.7. The van der Waals surface area contributed by atoms with E-state index in [9.17, 15) is 0 Å². The summed E-state index contributed by atoms with van der Waals surface area (Å²) in [7, 11) is 0. The molecule has 0 spiro atoms. The third-order valence-corrected chi connectivity index (χ3v) is 12.0. The molecule has 0 atom stereocenters. The Hall–Kier alpha value is -7.14. The van der Waals surface area contributed by atoms with Crippen LogP contribution in [0.5, 0.6) is 0 Å². The van der Waals surface area contributed by atoms with E-state index in [1.54, 1.807) is 0 Å². The number of rotatable bonds is 6. The Morgan fingerprint density at radius 2 is 0.911 bits per heavy atom. The van der Waals surface area contributed by atoms with Gasteiger partial charge in [-0.3, -0.25) is 0 Å². The van der Waals surface area contributed by atoms with E-state index in [0.29, 0.717) is 5.82 Å². The van der Waals surface area contributed by atoms with Gasteiger partial charge in [-0.15, -0.1) is 11.3 Å². The van der Waals surface area contributed by atoms with Crippen LogP contribution in [-0.2, 0) is 0 Å². The van der Waals surface area contributed by atoms with Gasteiger partial charge in [-0.1, -0.05) is 164 Å². The highest BCUT2D eigenvalue weighted by Crippen LogP contribution is 2.43. The summed E-state index contributed by atoms with van der Waals surface area (Å²) in [5, 5.41) is 4.72. The van der Waals surface area contributed by atoms with Gasteiger partial charge in [-0.05, 0) is 63.7 Å². The molecule has 0 saturated heterocycles. The minimum atomic E-state index is 0.669. The highest BCUT2D eigenvalue weighted by Gasteiger charge is 2.20. The van der Waals surface area contributed by atoms with Crippen molar-refractivity contribution in [3.8, 4) is 67.3 Å². The van der Waals surface area contributed by atoms with E-state index in [2.05, 4.69) is 188 Å². The number of furan rings is 1. The fourth-order valence-corrected chi connectivity index (χ4v) is 9.30. The fourth-order valence-electron chi connectivity index (χ4n) is 8.06. The predicted octanol–water partition coefficient (Wildman–Crippen LogP) is 14.7. The molecular formula is C52H32N2OS. The molecule has 11 rings (SSSR count). The van der Waals surface area contributed by atoms with Crippen LogP contribution in [0.3, 0.4) is 0 Å². The molecule has 0 aliphatic carbocycles. The van der Waals surface area contributed by atoms with Crippen LogP contribution in [-0.4, -0.2) is 9.97 Å². The van der Waals surface area contributed by atoms with Gasteiger partial charge in [-0.25, -0.2) is 9.97 Å². The molecule has 8 aromatic carbocycles. The maximum absolute atomic E-state index is 6.53. The van der Waals surface area contributed by atoms with Crippen LogP contribution in [0, 0.1) is 0 Å². The van der Waals surface area contributed by atoms with Crippen molar-refractivity contribution in [2.75, 3.05) is 0 Å². The first-order valence-corrected chi connectivity index (χ1v) is 19.6. The van der Waals surface area contributed by atoms with Crippen molar-refractivity contribution in [3.05, 3.63) is 194 Å². The molecule has 0 fully saturated rings. The smallest absolute Gasteiger partial charge is 0.160 e. The van der Waals surface area contributed by atoms with Gasteiger partial charge >= 0.3 is 0 Å². The summed E-state index contributed by atoms with van der Waals surface area (Å²) in [5.41, 5.74) is 13.3. The maximum Gasteiger partial charge on any atom is 0.160 e. The van der Waals surface area contributed by atoms with Crippen LogP contribution in [0.1, 0.15) is 0 Å². The Morgan fingerprint density at radius 1 is 0.357 bits per heavy atom. The molecule has 0 saturated carbocycles. The van der Waals surface area contributed by atoms with Crippen molar-refractivity contribution in [2.24, 2.45) is 0 Å². The lowest BCUT2D eigenvalue weighted by Gasteiger charge is -2.12. The fraction of sp³-hybridized carbons (Fsp3) is 0. The van der Waals surface area contributed by atoms with Gasteiger partial charge in [0, 0.05) is 47.6 Å². The minimum absolute atomic E-state index is 0.669. The first-order valence-electron chi connectivity index (χ1n) is 18.8. The zero-order valence-electron chi connectivity index (χ0n) is 30.2. The Kier molecular flexibility index (Phi) is 7.68. The molecule has 3 heterocycles. The van der Waals surface area contributed by atoms with Crippen molar-refractivity contribution in [1.82, 2.24) is 9.97 Å². The monoisotopic (exact) mass is 732 g/mol. The van der Waals surface area contributed by atoms with Gasteiger partial charge in [0.15, 0.2) is 5.82 Å². The molecule has 4 heteroatoms. The molecule has 0 amide bonds. The van der Waals surface area contributed by atoms with Crippen LogP contribution in [0.4, 0.5) is 0 Å². The van der Waals surface area contributed by atoms with Crippen LogP contribution in [0.25, 0.3) is 109 Å². The highest BCUT2D eigenvalue weighted by molar-refractivity contribution is 7.26. The summed E-state index contributed by atoms with van der Waals surface area (Å²) < 4.78 is 9.14. The zero-order valence-corrected chi connectivity index (χ0v) is 31.0. The van der Waals surface area contributed by atoms with Crippen LogP contribution in [0.15, 0.2) is 199 Å². The molecule has 0 aliphatic rings. The lowest BCUT2D eigenvalue weighted by Crippen LogP contribution is -1.96. The lowest BCUT2D eigenvalue weighted by molar-refractivity contribution is 0.669. The average molecular weight is 733 g/mol. The Labute approximate surface area is 327 Å². The maximum atomic E-state index is 6.53. The number of fused-ring (bicyclic) bond motifs is 6. The largest absolute Gasteiger partial charge is 0.456 e. The van der Waals surface area contributed by atoms with Gasteiger partial charge in [0.05, 0.1) is 11.4 Å². The van der Waals surface area contributed by atoms with E-state index in [0.717, 1.165) is 72.3 Å². The average Bonchev–Trinajstić information content (AvgIpc) is 3.86. The topological polar surface area (TPSA) is 38.9 Å². The second-order valence-corrected chi connectivity index (χ2v) is 15.1. The molecule has 0 aliphatic heterocycles. The first kappa shape index (κ1) is 32.3. The van der Waals surface area contributed by atoms with Crippen molar-refractivity contribution >= 4 is 53.4 Å². The van der Waals surface area contributed by atoms with Gasteiger partial charge in [0.1, 0.15) is 11.2 Å². The summed E-state index contributed by atoms with van der Waals surface area (Å²) >= 11 is 1.85. The van der Waals surface area contributed by atoms with E-state index >= 15 is 0 Å². The molecular weight excluding hydrogens is 701 g/mol. The van der Waals surface area contributed by atoms with E-state index < -0.39 is 0 Å². The number of hydrogen-bond donors (Lipinski definition) is 0. The van der Waals surface area contributed by atoms with Gasteiger partial charge in [0.2, 0.25) is 0 Å². The van der Waals surface area contributed by atoms with Crippen LogP contribution < -0.4 is 0 Å². The molecule has 0 N–H and O–H groups in total. The Morgan fingerprint density at radius 3 is 1.71 bits per heavy atom. The first-order chi connectivity index (χ1) is 27.7. The van der Waals surface area contributed by atoms with Crippen molar-refractivity contribution < 1.29 is 4.42 Å². The number of nitrogens with zero attached hydrogens (tertiary/aromatic N) is 2. The summed E-state index contributed by atoms with van der Waals surface area (Å²) in [6.07, 6.45) is 0. The normalized spacial score (nSPS) is 11.6. The highest BCUT2D eigenvalue weighted by atomic mass is 32.1. The predicted molar refractivity (Wildman–Crippen MR) is 235 cm³/mol. The van der Waals surface area contributed by atoms with Crippen molar-refractivity contribution in [3.63, 3.8) is 0 Å². The SMILES string of the molecule is c1ccc(-c2cccc(-c3cc(-c4cccc5oc6cccc(-c7ccccc7)c6c45)nc(-c4ccc(-c5cccc6c5sc5ccccc56)cc4)n3)c2)cc1. The van der Waals surface area contributed by atoms with Crippen LogP contribution in [0.2, 0.25) is 0 Å². The van der Waals surface area contributed by atoms with E-state index in [1.807, 2.05) is 17.4 Å². The molecule has 3 nitrogen and oxygen atoms in total. The quantitative estimate of drug-likeness (QED) is 0.171. The van der Waals surface area contributed by atoms with Crippen LogP contribution >= 0.6 is 11.3 Å². The summed E-state index contributed by atoms with van der Waals surface area (Å²) in [6.45, 7) is 0. The standard InChI is InChI=1S/C52H32N2OS/c1-3-13-33(14-4-1)37-17-9-18-38(31-37)44-32-45(43-23-12-25-47-50(43)49-39(20-11-24-46(49)55-47)34-15-5-2-6-16-34)54-52(53-44)36-29-27-35(28-30-36)40-21-10-22-42-41-19-7-8-26-48(41)56-51(40)42/h1-32H. The molecule has 0 bridgehead atoms. The van der Waals surface area contributed by atoms with Gasteiger partial charge < -0.3 is 4.42 Å². The second-order valence-electron chi connectivity index (χ2n) is 14.1. The Bertz CT molecular complexity index is 3240. The van der Waals surface area contributed by atoms with Crippen molar-refractivity contribution in [1.29, 1.82) is 0 Å². The summed E-state index contributed by atoms with van der Waals surface area (Å²) in [5.74, 6) is 0.669. The van der Waals surface area contributed by atoms with Gasteiger partial charge in [-0.2, -0.15) is 0 Å². The molecule has 3 aromatic heterocycles. The number of hydrogen-bond acceptors (Lipinski definition) is 4. The summed E-state index contributed by atoms with van der Waals surface area (Å²) in [6, 6.07) is 68.3. The molecule has 56 heavy (non-hydrogen) atoms. The Balaban J connectivity index is 1.10. The molecule has 262 valence electrons. The number of thiophene rings is 1. The molecule has 0 radical (unpaired) electrons. The summed E-state index contributed by atoms with van der Waals surface area (Å²) in [4.78, 5) is 10.6. The number of benzene rings is 8. The lowest BCUT2D eigenvalue weighted by atomic mass is 9.95. The van der Waals surface area contributed by atoms with Gasteiger partial charge in [0.25, 0.3) is 0 Å². The zero-order chi connectivity index (χ0) is 37.0.